The van der Waals surface area contributed by atoms with Gasteiger partial charge in [0, 0.05) is 12.6 Å². The fraction of sp³-hybridized carbons (Fsp3) is 0.615. The second kappa shape index (κ2) is 5.82. The minimum atomic E-state index is -0.501. The van der Waals surface area contributed by atoms with Gasteiger partial charge in [-0.25, -0.2) is 9.78 Å². The summed E-state index contributed by atoms with van der Waals surface area (Å²) >= 11 is 0. The molecule has 0 spiro atoms. The molecule has 4 N–H and O–H groups in total. The molecule has 3 rings (SSSR count). The molecular weight excluding hydrogens is 272 g/mol. The zero-order valence-electron chi connectivity index (χ0n) is 11.8. The van der Waals surface area contributed by atoms with Crippen molar-refractivity contribution in [3.63, 3.8) is 0 Å². The Bertz CT molecular complexity index is 722. The first kappa shape index (κ1) is 14.0. The number of rotatable bonds is 4. The molecule has 2 aromatic rings. The van der Waals surface area contributed by atoms with Crippen LogP contribution in [-0.2, 0) is 6.54 Å². The Balaban J connectivity index is 1.63. The van der Waals surface area contributed by atoms with Crippen molar-refractivity contribution in [3.8, 4) is 0 Å². The Labute approximate surface area is 121 Å². The number of nitrogens with two attached hydrogens (primary N) is 1. The van der Waals surface area contributed by atoms with Gasteiger partial charge in [-0.05, 0) is 38.9 Å². The van der Waals surface area contributed by atoms with Gasteiger partial charge < -0.3 is 15.2 Å². The van der Waals surface area contributed by atoms with Crippen LogP contribution >= 0.6 is 0 Å². The lowest BCUT2D eigenvalue weighted by Crippen LogP contribution is -2.40. The monoisotopic (exact) mass is 292 g/mol. The van der Waals surface area contributed by atoms with Crippen molar-refractivity contribution in [2.24, 2.45) is 5.73 Å². The quantitative estimate of drug-likeness (QED) is 0.684. The van der Waals surface area contributed by atoms with Crippen LogP contribution in [0.1, 0.15) is 19.3 Å². The Kier molecular flexibility index (Phi) is 3.89. The third kappa shape index (κ3) is 3.06. The van der Waals surface area contributed by atoms with E-state index in [1.165, 1.54) is 0 Å². The van der Waals surface area contributed by atoms with Crippen molar-refractivity contribution in [1.29, 1.82) is 0 Å². The van der Waals surface area contributed by atoms with E-state index in [9.17, 15) is 9.59 Å². The van der Waals surface area contributed by atoms with E-state index in [2.05, 4.69) is 19.9 Å². The van der Waals surface area contributed by atoms with E-state index in [1.807, 2.05) is 4.57 Å². The second-order valence-corrected chi connectivity index (χ2v) is 5.58. The van der Waals surface area contributed by atoms with Gasteiger partial charge in [-0.15, -0.1) is 0 Å². The third-order valence-electron chi connectivity index (χ3n) is 4.02. The minimum absolute atomic E-state index is 0.276. The summed E-state index contributed by atoms with van der Waals surface area (Å²) in [6.07, 6.45) is 4.64. The maximum atomic E-state index is 11.6. The number of fused-ring (bicyclic) bond motifs is 1. The van der Waals surface area contributed by atoms with Crippen molar-refractivity contribution in [2.45, 2.75) is 31.8 Å². The standard InChI is InChI=1S/C13H20N6O2/c14-9-2-6-18(7-3-9)4-1-5-19-8-15-10-11(19)16-13(21)17-12(10)20/h8-9H,1-7,14H2,(H2,16,17,20,21). The Morgan fingerprint density at radius 2 is 2.00 bits per heavy atom. The molecule has 0 atom stereocenters. The van der Waals surface area contributed by atoms with Crippen molar-refractivity contribution in [1.82, 2.24) is 24.4 Å². The van der Waals surface area contributed by atoms with Gasteiger partial charge in [0.15, 0.2) is 5.52 Å². The number of imidazole rings is 1. The number of piperidine rings is 1. The molecule has 8 nitrogen and oxygen atoms in total. The van der Waals surface area contributed by atoms with Crippen LogP contribution in [0.4, 0.5) is 0 Å². The highest BCUT2D eigenvalue weighted by Crippen LogP contribution is 2.09. The summed E-state index contributed by atoms with van der Waals surface area (Å²) in [4.78, 5) is 34.2. The van der Waals surface area contributed by atoms with Crippen molar-refractivity contribution in [3.05, 3.63) is 27.2 Å². The highest BCUT2D eigenvalue weighted by atomic mass is 16.2. The zero-order chi connectivity index (χ0) is 14.8. The van der Waals surface area contributed by atoms with E-state index in [-0.39, 0.29) is 5.52 Å². The normalized spacial score (nSPS) is 17.6. The van der Waals surface area contributed by atoms with Gasteiger partial charge in [-0.3, -0.25) is 14.8 Å². The number of hydrogen-bond donors (Lipinski definition) is 3. The van der Waals surface area contributed by atoms with Gasteiger partial charge in [-0.2, -0.15) is 0 Å². The van der Waals surface area contributed by atoms with Gasteiger partial charge in [0.1, 0.15) is 5.65 Å². The van der Waals surface area contributed by atoms with Gasteiger partial charge >= 0.3 is 5.69 Å². The predicted octanol–water partition coefficient (Wildman–Crippen LogP) is -0.774. The Morgan fingerprint density at radius 1 is 1.24 bits per heavy atom. The van der Waals surface area contributed by atoms with Gasteiger partial charge in [0.2, 0.25) is 0 Å². The molecule has 2 aromatic heterocycles. The molecule has 0 aromatic carbocycles. The van der Waals surface area contributed by atoms with Crippen LogP contribution in [0.3, 0.4) is 0 Å². The molecule has 114 valence electrons. The Hall–Kier alpha value is -1.93. The number of nitrogens with one attached hydrogen (secondary N) is 2. The molecular formula is C13H20N6O2. The summed E-state index contributed by atoms with van der Waals surface area (Å²) < 4.78 is 1.82. The maximum absolute atomic E-state index is 11.6. The zero-order valence-corrected chi connectivity index (χ0v) is 11.8. The molecule has 1 aliphatic heterocycles. The van der Waals surface area contributed by atoms with E-state index in [4.69, 9.17) is 5.73 Å². The molecule has 0 radical (unpaired) electrons. The van der Waals surface area contributed by atoms with Gasteiger partial charge in [0.05, 0.1) is 6.33 Å². The van der Waals surface area contributed by atoms with Crippen LogP contribution in [0, 0.1) is 0 Å². The smallest absolute Gasteiger partial charge is 0.327 e. The average molecular weight is 292 g/mol. The van der Waals surface area contributed by atoms with Crippen LogP contribution < -0.4 is 17.0 Å². The lowest BCUT2D eigenvalue weighted by molar-refractivity contribution is 0.208. The molecule has 0 saturated carbocycles. The van der Waals surface area contributed by atoms with E-state index in [0.29, 0.717) is 11.7 Å². The lowest BCUT2D eigenvalue weighted by Gasteiger charge is -2.29. The van der Waals surface area contributed by atoms with Crippen LogP contribution in [0.5, 0.6) is 0 Å². The molecule has 8 heteroatoms. The summed E-state index contributed by atoms with van der Waals surface area (Å²) in [7, 11) is 0. The first-order chi connectivity index (χ1) is 10.1. The molecule has 21 heavy (non-hydrogen) atoms. The predicted molar refractivity (Wildman–Crippen MR) is 79.2 cm³/mol. The SMILES string of the molecule is NC1CCN(CCCn2cnc3c(=O)[nH]c(=O)[nH]c32)CC1. The number of likely N-dealkylation sites (tertiary alicyclic amines) is 1. The maximum Gasteiger partial charge on any atom is 0.327 e. The summed E-state index contributed by atoms with van der Waals surface area (Å²) in [5.74, 6) is 0. The average Bonchev–Trinajstić information content (AvgIpc) is 2.84. The third-order valence-corrected chi connectivity index (χ3v) is 4.02. The van der Waals surface area contributed by atoms with E-state index in [0.717, 1.165) is 45.4 Å². The van der Waals surface area contributed by atoms with Crippen LogP contribution in [0.2, 0.25) is 0 Å². The molecule has 1 aliphatic rings. The number of aromatic nitrogens is 4. The molecule has 0 aliphatic carbocycles. The Morgan fingerprint density at radius 3 is 2.76 bits per heavy atom. The van der Waals surface area contributed by atoms with Crippen LogP contribution in [0.25, 0.3) is 11.2 Å². The summed E-state index contributed by atoms with van der Waals surface area (Å²) in [5, 5.41) is 0. The van der Waals surface area contributed by atoms with Crippen LogP contribution in [-0.4, -0.2) is 50.1 Å². The number of H-pyrrole nitrogens is 2. The summed E-state index contributed by atoms with van der Waals surface area (Å²) in [5.41, 5.74) is 5.71. The molecule has 0 amide bonds. The summed E-state index contributed by atoms with van der Waals surface area (Å²) in [6, 6.07) is 0.343. The van der Waals surface area contributed by atoms with Crippen molar-refractivity contribution in [2.75, 3.05) is 19.6 Å². The topological polar surface area (TPSA) is 113 Å². The first-order valence-electron chi connectivity index (χ1n) is 7.29. The lowest BCUT2D eigenvalue weighted by atomic mass is 10.1. The van der Waals surface area contributed by atoms with Crippen molar-refractivity contribution < 1.29 is 0 Å². The first-order valence-corrected chi connectivity index (χ1v) is 7.29. The molecule has 0 bridgehead atoms. The van der Waals surface area contributed by atoms with E-state index >= 15 is 0 Å². The highest BCUT2D eigenvalue weighted by Gasteiger charge is 2.15. The fourth-order valence-corrected chi connectivity index (χ4v) is 2.79. The largest absolute Gasteiger partial charge is 0.328 e. The summed E-state index contributed by atoms with van der Waals surface area (Å²) in [6.45, 7) is 3.79. The van der Waals surface area contributed by atoms with Crippen LogP contribution in [0.15, 0.2) is 15.9 Å². The van der Waals surface area contributed by atoms with Gasteiger partial charge in [0.25, 0.3) is 5.56 Å². The van der Waals surface area contributed by atoms with E-state index < -0.39 is 11.2 Å². The molecule has 0 unspecified atom stereocenters. The molecule has 1 saturated heterocycles. The fourth-order valence-electron chi connectivity index (χ4n) is 2.79. The highest BCUT2D eigenvalue weighted by molar-refractivity contribution is 5.68. The number of hydrogen-bond acceptors (Lipinski definition) is 5. The molecule has 3 heterocycles. The number of nitrogens with zero attached hydrogens (tertiary/aromatic N) is 3. The second-order valence-electron chi connectivity index (χ2n) is 5.58. The number of aromatic amines is 2. The number of aryl methyl sites for hydroxylation is 1. The molecule has 1 fully saturated rings. The van der Waals surface area contributed by atoms with Crippen molar-refractivity contribution >= 4 is 11.2 Å². The van der Waals surface area contributed by atoms with Gasteiger partial charge in [-0.1, -0.05) is 0 Å². The van der Waals surface area contributed by atoms with E-state index in [1.54, 1.807) is 6.33 Å². The minimum Gasteiger partial charge on any atom is -0.328 e.